The van der Waals surface area contributed by atoms with Crippen LogP contribution in [-0.2, 0) is 0 Å². The number of rotatable bonds is 4. The molecule has 0 radical (unpaired) electrons. The number of para-hydroxylation sites is 4. The standard InChI is InChI=1S/C39H25N5/c1-2-13-26(14-3-1)39-41-31(25-37(42-39)44-32-19-8-4-15-27(32)28-16-5-9-20-33(28)44)29-17-6-10-21-34(29)43-35-22-11-7-18-30(35)38-36(43)23-12-24-40-38/h1-25H/i1D,2D,3D,4D,5D,8D,9D,13D,14D,15D,16D,19D,20D,25D. The van der Waals surface area contributed by atoms with Crippen molar-refractivity contribution in [1.82, 2.24) is 24.1 Å². The largest absolute Gasteiger partial charge is 0.307 e. The first-order valence-corrected chi connectivity index (χ1v) is 13.6. The Hall–Kier alpha value is -6.07. The molecule has 0 fully saturated rings. The summed E-state index contributed by atoms with van der Waals surface area (Å²) in [5.74, 6) is -0.895. The van der Waals surface area contributed by atoms with Gasteiger partial charge < -0.3 is 4.57 Å². The van der Waals surface area contributed by atoms with Crippen LogP contribution in [0.4, 0.5) is 0 Å². The van der Waals surface area contributed by atoms with Gasteiger partial charge in [-0.2, -0.15) is 0 Å². The van der Waals surface area contributed by atoms with Crippen molar-refractivity contribution in [2.24, 2.45) is 0 Å². The molecule has 5 aromatic carbocycles. The smallest absolute Gasteiger partial charge is 0.162 e. The third-order valence-corrected chi connectivity index (χ3v) is 7.46. The first-order chi connectivity index (χ1) is 27.7. The summed E-state index contributed by atoms with van der Waals surface area (Å²) in [5, 5.41) is 0.320. The summed E-state index contributed by atoms with van der Waals surface area (Å²) in [6.45, 7) is 0. The van der Waals surface area contributed by atoms with Gasteiger partial charge in [0.1, 0.15) is 5.82 Å². The van der Waals surface area contributed by atoms with Crippen LogP contribution in [0.5, 0.6) is 0 Å². The Kier molecular flexibility index (Phi) is 3.19. The number of fused-ring (bicyclic) bond motifs is 6. The lowest BCUT2D eigenvalue weighted by atomic mass is 10.1. The molecule has 0 spiro atoms. The van der Waals surface area contributed by atoms with E-state index in [2.05, 4.69) is 9.97 Å². The quantitative estimate of drug-likeness (QED) is 0.209. The minimum absolute atomic E-state index is 0.131. The van der Waals surface area contributed by atoms with E-state index in [0.29, 0.717) is 22.3 Å². The molecule has 4 heterocycles. The Bertz CT molecular complexity index is 3140. The van der Waals surface area contributed by atoms with Gasteiger partial charge in [0.2, 0.25) is 0 Å². The zero-order chi connectivity index (χ0) is 41.2. The van der Waals surface area contributed by atoms with Gasteiger partial charge >= 0.3 is 0 Å². The molecule has 0 N–H and O–H groups in total. The van der Waals surface area contributed by atoms with Crippen molar-refractivity contribution in [1.29, 1.82) is 0 Å². The van der Waals surface area contributed by atoms with E-state index in [1.807, 2.05) is 34.9 Å². The summed E-state index contributed by atoms with van der Waals surface area (Å²) in [6, 6.07) is 9.18. The first kappa shape index (κ1) is 14.4. The predicted octanol–water partition coefficient (Wildman–Crippen LogP) is 9.40. The van der Waals surface area contributed by atoms with Crippen LogP contribution in [0.15, 0.2) is 151 Å². The van der Waals surface area contributed by atoms with Crippen molar-refractivity contribution >= 4 is 43.7 Å². The molecule has 44 heavy (non-hydrogen) atoms. The fourth-order valence-electron chi connectivity index (χ4n) is 5.64. The molecule has 5 nitrogen and oxygen atoms in total. The van der Waals surface area contributed by atoms with Gasteiger partial charge in [0.25, 0.3) is 0 Å². The number of benzene rings is 5. The van der Waals surface area contributed by atoms with Gasteiger partial charge in [0.05, 0.1) is 58.2 Å². The van der Waals surface area contributed by atoms with Gasteiger partial charge in [-0.05, 0) is 36.4 Å². The zero-order valence-electron chi connectivity index (χ0n) is 36.6. The highest BCUT2D eigenvalue weighted by Crippen LogP contribution is 2.37. The second-order valence-corrected chi connectivity index (χ2v) is 9.87. The third-order valence-electron chi connectivity index (χ3n) is 7.46. The average Bonchev–Trinajstić information content (AvgIpc) is 3.76. The molecule has 9 rings (SSSR count). The molecule has 0 saturated carbocycles. The number of aromatic nitrogens is 5. The van der Waals surface area contributed by atoms with Crippen molar-refractivity contribution < 1.29 is 19.2 Å². The Morgan fingerprint density at radius 3 is 2.05 bits per heavy atom. The molecule has 206 valence electrons. The van der Waals surface area contributed by atoms with E-state index in [-0.39, 0.29) is 27.5 Å². The van der Waals surface area contributed by atoms with E-state index in [4.69, 9.17) is 22.8 Å². The van der Waals surface area contributed by atoms with Gasteiger partial charge in [-0.3, -0.25) is 9.55 Å². The Balaban J connectivity index is 1.51. The highest BCUT2D eigenvalue weighted by molar-refractivity contribution is 6.09. The predicted molar refractivity (Wildman–Crippen MR) is 179 cm³/mol. The maximum atomic E-state index is 9.83. The van der Waals surface area contributed by atoms with Crippen LogP contribution in [-0.4, -0.2) is 24.1 Å². The minimum Gasteiger partial charge on any atom is -0.307 e. The first-order valence-electron chi connectivity index (χ1n) is 20.6. The molecule has 0 saturated heterocycles. The molecule has 9 aromatic rings. The molecule has 4 aromatic heterocycles. The van der Waals surface area contributed by atoms with Crippen LogP contribution in [0.25, 0.3) is 77.9 Å². The van der Waals surface area contributed by atoms with Gasteiger partial charge in [-0.25, -0.2) is 9.97 Å². The lowest BCUT2D eigenvalue weighted by Crippen LogP contribution is -2.04. The number of hydrogen-bond donors (Lipinski definition) is 0. The van der Waals surface area contributed by atoms with E-state index < -0.39 is 102 Å². The Labute approximate surface area is 273 Å². The minimum atomic E-state index is -0.686. The summed E-state index contributed by atoms with van der Waals surface area (Å²) in [7, 11) is 0. The van der Waals surface area contributed by atoms with Gasteiger partial charge in [0, 0.05) is 39.5 Å². The molecule has 0 aliphatic heterocycles. The summed E-state index contributed by atoms with van der Waals surface area (Å²) in [6.07, 6.45) is 1.67. The Morgan fingerprint density at radius 2 is 1.23 bits per heavy atom. The number of nitrogens with zero attached hydrogens (tertiary/aromatic N) is 5. The second-order valence-electron chi connectivity index (χ2n) is 9.87. The SMILES string of the molecule is [2H]c1c(-c2ccccc2-n2c3ccccc3c3ncccc32)nc(-c2c([2H])c([2H])c([2H])c([2H])c2[2H])nc1-n1c2c([2H])c([2H])c([2H])c([2H])c2c2c([2H])c([2H])c([2H])c([2H])c21. The molecular formula is C39H25N5. The monoisotopic (exact) mass is 577 g/mol. The zero-order valence-corrected chi connectivity index (χ0v) is 22.6. The summed E-state index contributed by atoms with van der Waals surface area (Å²) < 4.78 is 126. The van der Waals surface area contributed by atoms with Gasteiger partial charge in [0.15, 0.2) is 5.82 Å². The lowest BCUT2D eigenvalue weighted by molar-refractivity contribution is 1.04. The second kappa shape index (κ2) is 9.75. The fraction of sp³-hybridized carbons (Fsp3) is 0. The van der Waals surface area contributed by atoms with E-state index >= 15 is 0 Å². The van der Waals surface area contributed by atoms with Crippen LogP contribution < -0.4 is 0 Å². The summed E-state index contributed by atoms with van der Waals surface area (Å²) in [5.41, 5.74) is 1.75. The van der Waals surface area contributed by atoms with Crippen LogP contribution in [0, 0.1) is 0 Å². The maximum absolute atomic E-state index is 9.83. The maximum Gasteiger partial charge on any atom is 0.162 e. The highest BCUT2D eigenvalue weighted by Gasteiger charge is 2.20. The van der Waals surface area contributed by atoms with Crippen molar-refractivity contribution in [3.63, 3.8) is 0 Å². The van der Waals surface area contributed by atoms with E-state index in [1.165, 1.54) is 0 Å². The molecule has 5 heteroatoms. The number of hydrogen-bond acceptors (Lipinski definition) is 3. The van der Waals surface area contributed by atoms with E-state index in [1.54, 1.807) is 36.5 Å². The molecule has 0 amide bonds. The fourth-order valence-corrected chi connectivity index (χ4v) is 5.64. The third kappa shape index (κ3) is 3.69. The van der Waals surface area contributed by atoms with Crippen molar-refractivity contribution in [3.8, 4) is 34.2 Å². The highest BCUT2D eigenvalue weighted by atomic mass is 15.1. The van der Waals surface area contributed by atoms with Crippen LogP contribution in [0.3, 0.4) is 0 Å². The van der Waals surface area contributed by atoms with Crippen molar-refractivity contribution in [2.75, 3.05) is 0 Å². The van der Waals surface area contributed by atoms with E-state index in [0.717, 1.165) is 15.5 Å². The summed E-state index contributed by atoms with van der Waals surface area (Å²) in [4.78, 5) is 14.0. The Morgan fingerprint density at radius 1 is 0.545 bits per heavy atom. The number of pyridine rings is 1. The molecule has 0 aliphatic carbocycles. The van der Waals surface area contributed by atoms with Crippen molar-refractivity contribution in [2.45, 2.75) is 0 Å². The van der Waals surface area contributed by atoms with Gasteiger partial charge in [-0.15, -0.1) is 0 Å². The molecule has 0 unspecified atom stereocenters. The topological polar surface area (TPSA) is 48.5 Å². The summed E-state index contributed by atoms with van der Waals surface area (Å²) >= 11 is 0. The van der Waals surface area contributed by atoms with Crippen LogP contribution in [0.2, 0.25) is 0 Å². The average molecular weight is 578 g/mol. The normalized spacial score (nSPS) is 16.1. The molecule has 0 aliphatic rings. The molecule has 0 atom stereocenters. The molecular weight excluding hydrogens is 538 g/mol. The van der Waals surface area contributed by atoms with Crippen LogP contribution >= 0.6 is 0 Å². The molecule has 0 bridgehead atoms. The van der Waals surface area contributed by atoms with Gasteiger partial charge in [-0.1, -0.05) is 103 Å². The van der Waals surface area contributed by atoms with Crippen molar-refractivity contribution in [3.05, 3.63) is 151 Å². The van der Waals surface area contributed by atoms with Crippen LogP contribution in [0.1, 0.15) is 19.2 Å². The lowest BCUT2D eigenvalue weighted by Gasteiger charge is -2.16. The van der Waals surface area contributed by atoms with E-state index in [9.17, 15) is 1.37 Å².